The molecule has 5 saturated carbocycles. The number of nitrogens with zero attached hydrogens (tertiary/aromatic N) is 2. The normalized spacial score (nSPS) is 35.2. The summed E-state index contributed by atoms with van der Waals surface area (Å²) in [6.45, 7) is 0.667. The summed E-state index contributed by atoms with van der Waals surface area (Å²) in [5.74, 6) is 2.37. The minimum atomic E-state index is -0.602. The van der Waals surface area contributed by atoms with E-state index in [4.69, 9.17) is 0 Å². The van der Waals surface area contributed by atoms with Gasteiger partial charge in [-0.1, -0.05) is 12.8 Å². The number of aromatic nitrogens is 2. The molecule has 2 amide bonds. The predicted octanol–water partition coefficient (Wildman–Crippen LogP) is 2.18. The molecule has 1 aromatic rings. The fourth-order valence-electron chi connectivity index (χ4n) is 6.27. The lowest BCUT2D eigenvalue weighted by Crippen LogP contribution is -2.38. The third kappa shape index (κ3) is 2.33. The van der Waals surface area contributed by atoms with E-state index in [1.54, 1.807) is 0 Å². The highest BCUT2D eigenvalue weighted by Crippen LogP contribution is 2.78. The van der Waals surface area contributed by atoms with Crippen LogP contribution in [0.3, 0.4) is 0 Å². The SMILES string of the molecule is Cn1nc(NC(=O)C(=O)NCC23CC4CC2C3C4)cc1C1CCCC1. The Bertz CT molecular complexity index is 722. The highest BCUT2D eigenvalue weighted by molar-refractivity contribution is 6.39. The summed E-state index contributed by atoms with van der Waals surface area (Å²) in [5.41, 5.74) is 1.49. The predicted molar refractivity (Wildman–Crippen MR) is 92.8 cm³/mol. The number of carbonyl (C=O) groups excluding carboxylic acids is 2. The Balaban J connectivity index is 1.17. The summed E-state index contributed by atoms with van der Waals surface area (Å²) in [7, 11) is 1.90. The van der Waals surface area contributed by atoms with E-state index in [-0.39, 0.29) is 0 Å². The van der Waals surface area contributed by atoms with E-state index in [1.807, 2.05) is 17.8 Å². The van der Waals surface area contributed by atoms with Gasteiger partial charge in [0.1, 0.15) is 0 Å². The lowest BCUT2D eigenvalue weighted by Gasteiger charge is -2.12. The Morgan fingerprint density at radius 2 is 1.96 bits per heavy atom. The van der Waals surface area contributed by atoms with Crippen LogP contribution in [0.4, 0.5) is 5.82 Å². The van der Waals surface area contributed by atoms with Crippen LogP contribution in [0.2, 0.25) is 0 Å². The quantitative estimate of drug-likeness (QED) is 0.824. The van der Waals surface area contributed by atoms with Gasteiger partial charge in [-0.2, -0.15) is 5.10 Å². The number of hydrogen-bond acceptors (Lipinski definition) is 3. The summed E-state index contributed by atoms with van der Waals surface area (Å²) in [6.07, 6.45) is 8.79. The molecule has 1 heterocycles. The molecule has 1 aromatic heterocycles. The molecule has 0 aliphatic heterocycles. The maximum atomic E-state index is 12.2. The maximum absolute atomic E-state index is 12.2. The second-order valence-corrected chi connectivity index (χ2v) is 8.68. The van der Waals surface area contributed by atoms with Crippen molar-refractivity contribution in [1.82, 2.24) is 15.1 Å². The molecule has 5 fully saturated rings. The van der Waals surface area contributed by atoms with Gasteiger partial charge in [0, 0.05) is 31.3 Å². The van der Waals surface area contributed by atoms with Crippen LogP contribution in [0, 0.1) is 23.2 Å². The third-order valence-electron chi connectivity index (χ3n) is 7.41. The smallest absolute Gasteiger partial charge is 0.314 e. The number of aryl methyl sites for hydroxylation is 1. The van der Waals surface area contributed by atoms with Crippen molar-refractivity contribution < 1.29 is 9.59 Å². The Hall–Kier alpha value is -1.85. The van der Waals surface area contributed by atoms with E-state index in [9.17, 15) is 9.59 Å². The highest BCUT2D eigenvalue weighted by atomic mass is 16.2. The average molecular weight is 342 g/mol. The monoisotopic (exact) mass is 342 g/mol. The average Bonchev–Trinajstić information content (AvgIpc) is 3.26. The van der Waals surface area contributed by atoms with E-state index in [0.717, 1.165) is 23.4 Å². The molecule has 134 valence electrons. The number of anilines is 1. The molecule has 2 unspecified atom stereocenters. The van der Waals surface area contributed by atoms with Crippen molar-refractivity contribution in [2.75, 3.05) is 11.9 Å². The zero-order valence-corrected chi connectivity index (χ0v) is 14.8. The fraction of sp³-hybridized carbons (Fsp3) is 0.737. The van der Waals surface area contributed by atoms with Crippen LogP contribution in [0.15, 0.2) is 6.07 Å². The second kappa shape index (κ2) is 5.32. The van der Waals surface area contributed by atoms with E-state index in [0.29, 0.717) is 23.7 Å². The van der Waals surface area contributed by atoms with Gasteiger partial charge in [0.05, 0.1) is 0 Å². The molecule has 6 heteroatoms. The first-order chi connectivity index (χ1) is 12.1. The van der Waals surface area contributed by atoms with Gasteiger partial charge in [-0.25, -0.2) is 0 Å². The summed E-state index contributed by atoms with van der Waals surface area (Å²) < 4.78 is 1.84. The maximum Gasteiger partial charge on any atom is 0.314 e. The molecule has 0 aromatic carbocycles. The molecule has 2 atom stereocenters. The molecule has 25 heavy (non-hydrogen) atoms. The molecule has 5 aliphatic rings. The van der Waals surface area contributed by atoms with Crippen LogP contribution >= 0.6 is 0 Å². The van der Waals surface area contributed by atoms with Crippen LogP contribution < -0.4 is 10.6 Å². The number of rotatable bonds is 4. The van der Waals surface area contributed by atoms with Gasteiger partial charge in [-0.3, -0.25) is 14.3 Å². The van der Waals surface area contributed by atoms with E-state index in [1.165, 1.54) is 44.9 Å². The standard InChI is InChI=1S/C19H26N4O2/c1-23-15(12-4-2-3-5-12)8-16(22-23)21-18(25)17(24)20-10-19-9-11-6-13(19)14(19)7-11/h8,11-14H,2-7,9-10H2,1H3,(H,20,24)(H,21,22,25). The van der Waals surface area contributed by atoms with Crippen molar-refractivity contribution in [2.24, 2.45) is 30.2 Å². The number of carbonyl (C=O) groups is 2. The highest BCUT2D eigenvalue weighted by Gasteiger charge is 2.73. The number of hydrogen-bond donors (Lipinski definition) is 2. The molecule has 6 nitrogen and oxygen atoms in total. The molecule has 0 spiro atoms. The van der Waals surface area contributed by atoms with E-state index >= 15 is 0 Å². The van der Waals surface area contributed by atoms with Gasteiger partial charge in [0.15, 0.2) is 5.82 Å². The van der Waals surface area contributed by atoms with Gasteiger partial charge in [-0.05, 0) is 55.3 Å². The molecule has 0 radical (unpaired) electrons. The van der Waals surface area contributed by atoms with Crippen LogP contribution in [-0.4, -0.2) is 28.1 Å². The third-order valence-corrected chi connectivity index (χ3v) is 7.41. The summed E-state index contributed by atoms with van der Waals surface area (Å²) >= 11 is 0. The first-order valence-corrected chi connectivity index (χ1v) is 9.70. The van der Waals surface area contributed by atoms with Gasteiger partial charge < -0.3 is 10.6 Å². The minimum Gasteiger partial charge on any atom is -0.347 e. The van der Waals surface area contributed by atoms with Gasteiger partial charge in [0.2, 0.25) is 0 Å². The topological polar surface area (TPSA) is 76.0 Å². The van der Waals surface area contributed by atoms with Crippen LogP contribution in [0.5, 0.6) is 0 Å². The lowest BCUT2D eigenvalue weighted by molar-refractivity contribution is -0.136. The summed E-state index contributed by atoms with van der Waals surface area (Å²) in [4.78, 5) is 24.4. The Morgan fingerprint density at radius 1 is 1.24 bits per heavy atom. The fourth-order valence-corrected chi connectivity index (χ4v) is 6.27. The zero-order valence-electron chi connectivity index (χ0n) is 14.8. The Kier molecular flexibility index (Phi) is 3.28. The molecular formula is C19H26N4O2. The molecule has 5 aliphatic carbocycles. The van der Waals surface area contributed by atoms with Gasteiger partial charge >= 0.3 is 11.8 Å². The summed E-state index contributed by atoms with van der Waals surface area (Å²) in [5, 5.41) is 9.90. The molecule has 4 bridgehead atoms. The minimum absolute atomic E-state index is 0.335. The van der Waals surface area contributed by atoms with Crippen LogP contribution in [-0.2, 0) is 16.6 Å². The van der Waals surface area contributed by atoms with Crippen molar-refractivity contribution >= 4 is 17.6 Å². The van der Waals surface area contributed by atoms with Crippen LogP contribution in [0.25, 0.3) is 0 Å². The molecule has 0 saturated heterocycles. The van der Waals surface area contributed by atoms with E-state index < -0.39 is 11.8 Å². The first-order valence-electron chi connectivity index (χ1n) is 9.70. The van der Waals surface area contributed by atoms with Crippen molar-refractivity contribution in [1.29, 1.82) is 0 Å². The van der Waals surface area contributed by atoms with Crippen molar-refractivity contribution in [3.8, 4) is 0 Å². The molecular weight excluding hydrogens is 316 g/mol. The Labute approximate surface area is 147 Å². The van der Waals surface area contributed by atoms with Gasteiger partial charge in [-0.15, -0.1) is 0 Å². The van der Waals surface area contributed by atoms with E-state index in [2.05, 4.69) is 15.7 Å². The van der Waals surface area contributed by atoms with Gasteiger partial charge in [0.25, 0.3) is 0 Å². The lowest BCUT2D eigenvalue weighted by atomic mass is 10.0. The molecule has 6 rings (SSSR count). The number of nitrogens with one attached hydrogen (secondary N) is 2. The van der Waals surface area contributed by atoms with Crippen molar-refractivity contribution in [3.05, 3.63) is 11.8 Å². The zero-order chi connectivity index (χ0) is 17.2. The first kappa shape index (κ1) is 15.4. The number of amides is 2. The van der Waals surface area contributed by atoms with Crippen LogP contribution in [0.1, 0.15) is 56.6 Å². The van der Waals surface area contributed by atoms with Crippen molar-refractivity contribution in [2.45, 2.75) is 50.9 Å². The molecule has 2 N–H and O–H groups in total. The Morgan fingerprint density at radius 3 is 2.60 bits per heavy atom. The largest absolute Gasteiger partial charge is 0.347 e. The summed E-state index contributed by atoms with van der Waals surface area (Å²) in [6, 6.07) is 1.92. The second-order valence-electron chi connectivity index (χ2n) is 8.68. The van der Waals surface area contributed by atoms with Crippen molar-refractivity contribution in [3.63, 3.8) is 0 Å².